The molecule has 0 atom stereocenters. The summed E-state index contributed by atoms with van der Waals surface area (Å²) in [7, 11) is 0. The van der Waals surface area contributed by atoms with Gasteiger partial charge in [-0.05, 0) is 38.3 Å². The van der Waals surface area contributed by atoms with Crippen LogP contribution in [0, 0.1) is 0 Å². The van der Waals surface area contributed by atoms with Crippen molar-refractivity contribution >= 4 is 34.7 Å². The van der Waals surface area contributed by atoms with Crippen molar-refractivity contribution in [3.05, 3.63) is 0 Å². The van der Waals surface area contributed by atoms with Crippen LogP contribution in [0.5, 0.6) is 0 Å². The first-order valence-corrected chi connectivity index (χ1v) is 3.96. The molecular weight excluding hydrogens is 180 g/mol. The van der Waals surface area contributed by atoms with Crippen LogP contribution in [0.15, 0.2) is 0 Å². The molecule has 6 heteroatoms. The Labute approximate surface area is 76.9 Å². The second kappa shape index (κ2) is 5.09. The monoisotopic (exact) mass is 192 g/mol. The summed E-state index contributed by atoms with van der Waals surface area (Å²) >= 11 is 9.39. The van der Waals surface area contributed by atoms with Crippen LogP contribution in [0.4, 0.5) is 0 Å². The summed E-state index contributed by atoms with van der Waals surface area (Å²) in [5, 5.41) is 3.58. The van der Waals surface area contributed by atoms with E-state index in [0.29, 0.717) is 11.2 Å². The summed E-state index contributed by atoms with van der Waals surface area (Å²) in [6.45, 7) is 3.96. The highest BCUT2D eigenvalue weighted by molar-refractivity contribution is 7.80. The van der Waals surface area contributed by atoms with E-state index in [1.54, 1.807) is 0 Å². The Bertz CT molecular complexity index is 157. The zero-order valence-electron chi connectivity index (χ0n) is 6.47. The maximum atomic E-state index is 5.14. The van der Waals surface area contributed by atoms with E-state index < -0.39 is 0 Å². The van der Waals surface area contributed by atoms with Crippen LogP contribution in [-0.2, 0) is 0 Å². The minimum absolute atomic E-state index is 0.165. The van der Waals surface area contributed by atoms with E-state index in [0.717, 1.165) is 0 Å². The first kappa shape index (κ1) is 10.4. The van der Waals surface area contributed by atoms with Crippen molar-refractivity contribution in [2.75, 3.05) is 0 Å². The van der Waals surface area contributed by atoms with Crippen LogP contribution in [0.3, 0.4) is 0 Å². The van der Waals surface area contributed by atoms with Crippen molar-refractivity contribution in [3.8, 4) is 0 Å². The molecule has 0 aromatic rings. The van der Waals surface area contributed by atoms with Gasteiger partial charge in [0.15, 0.2) is 10.2 Å². The standard InChI is InChI=1S/C5H12N4S2/c1-3(2)7-5(11)9-8-4(6)10/h3H,1-2H3,(H3,6,8,10)(H2,7,9,11). The highest BCUT2D eigenvalue weighted by Crippen LogP contribution is 1.74. The number of hydrogen-bond acceptors (Lipinski definition) is 2. The third-order valence-electron chi connectivity index (χ3n) is 0.719. The van der Waals surface area contributed by atoms with Gasteiger partial charge >= 0.3 is 0 Å². The van der Waals surface area contributed by atoms with Gasteiger partial charge < -0.3 is 11.1 Å². The first-order chi connectivity index (χ1) is 5.02. The summed E-state index contributed by atoms with van der Waals surface area (Å²) in [5.74, 6) is 0. The molecule has 0 aromatic carbocycles. The van der Waals surface area contributed by atoms with Crippen LogP contribution in [-0.4, -0.2) is 16.3 Å². The van der Waals surface area contributed by atoms with E-state index >= 15 is 0 Å². The van der Waals surface area contributed by atoms with Crippen LogP contribution in [0.1, 0.15) is 13.8 Å². The molecule has 0 bridgehead atoms. The lowest BCUT2D eigenvalue weighted by Gasteiger charge is -2.13. The number of hydrazine groups is 1. The van der Waals surface area contributed by atoms with Crippen molar-refractivity contribution in [2.45, 2.75) is 19.9 Å². The summed E-state index contributed by atoms with van der Waals surface area (Å²) in [4.78, 5) is 0. The average Bonchev–Trinajstić information content (AvgIpc) is 1.82. The Hall–Kier alpha value is -0.620. The third-order valence-corrected chi connectivity index (χ3v) is 1.04. The summed E-state index contributed by atoms with van der Waals surface area (Å²) in [5.41, 5.74) is 10.3. The Kier molecular flexibility index (Phi) is 4.80. The maximum Gasteiger partial charge on any atom is 0.185 e. The molecule has 64 valence electrons. The molecule has 0 saturated carbocycles. The highest BCUT2D eigenvalue weighted by Gasteiger charge is 1.95. The number of hydrogen-bond donors (Lipinski definition) is 4. The van der Waals surface area contributed by atoms with Gasteiger partial charge in [0.1, 0.15) is 0 Å². The SMILES string of the molecule is CC(C)NC(=S)NNC(N)=S. The fraction of sp³-hybridized carbons (Fsp3) is 0.600. The summed E-state index contributed by atoms with van der Waals surface area (Å²) in [6, 6.07) is 0.295. The molecule has 0 saturated heterocycles. The van der Waals surface area contributed by atoms with E-state index in [4.69, 9.17) is 18.0 Å². The quantitative estimate of drug-likeness (QED) is 0.335. The highest BCUT2D eigenvalue weighted by atomic mass is 32.1. The smallest absolute Gasteiger partial charge is 0.185 e. The Balaban J connectivity index is 3.45. The van der Waals surface area contributed by atoms with Gasteiger partial charge in [-0.15, -0.1) is 0 Å². The topological polar surface area (TPSA) is 62.1 Å². The van der Waals surface area contributed by atoms with E-state index in [1.807, 2.05) is 13.8 Å². The van der Waals surface area contributed by atoms with Crippen LogP contribution < -0.4 is 21.9 Å². The van der Waals surface area contributed by atoms with E-state index in [1.165, 1.54) is 0 Å². The molecule has 0 aromatic heterocycles. The molecule has 11 heavy (non-hydrogen) atoms. The molecule has 0 heterocycles. The molecule has 0 rings (SSSR count). The van der Waals surface area contributed by atoms with Gasteiger partial charge in [0, 0.05) is 6.04 Å². The van der Waals surface area contributed by atoms with Crippen LogP contribution in [0.2, 0.25) is 0 Å². The van der Waals surface area contributed by atoms with Gasteiger partial charge in [-0.25, -0.2) is 0 Å². The van der Waals surface area contributed by atoms with Gasteiger partial charge in [0.2, 0.25) is 0 Å². The van der Waals surface area contributed by atoms with Crippen molar-refractivity contribution in [1.82, 2.24) is 16.2 Å². The normalized spacial score (nSPS) is 9.00. The predicted octanol–water partition coefficient (Wildman–Crippen LogP) is -0.393. The zero-order chi connectivity index (χ0) is 8.85. The zero-order valence-corrected chi connectivity index (χ0v) is 8.10. The molecule has 0 amide bonds. The lowest BCUT2D eigenvalue weighted by Crippen LogP contribution is -2.50. The molecule has 0 radical (unpaired) electrons. The lowest BCUT2D eigenvalue weighted by molar-refractivity contribution is 0.704. The Morgan fingerprint density at radius 2 is 1.82 bits per heavy atom. The second-order valence-electron chi connectivity index (χ2n) is 2.24. The molecule has 0 aliphatic rings. The second-order valence-corrected chi connectivity index (χ2v) is 3.09. The predicted molar refractivity (Wildman–Crippen MR) is 53.9 cm³/mol. The molecule has 0 aliphatic carbocycles. The maximum absolute atomic E-state index is 5.14. The van der Waals surface area contributed by atoms with Gasteiger partial charge in [-0.1, -0.05) is 0 Å². The van der Waals surface area contributed by atoms with E-state index in [2.05, 4.69) is 28.4 Å². The Morgan fingerprint density at radius 1 is 1.27 bits per heavy atom. The molecule has 0 unspecified atom stereocenters. The van der Waals surface area contributed by atoms with Gasteiger partial charge in [-0.3, -0.25) is 10.9 Å². The first-order valence-electron chi connectivity index (χ1n) is 3.14. The van der Waals surface area contributed by atoms with E-state index in [-0.39, 0.29) is 5.11 Å². The van der Waals surface area contributed by atoms with Crippen molar-refractivity contribution < 1.29 is 0 Å². The van der Waals surface area contributed by atoms with Gasteiger partial charge in [0.05, 0.1) is 0 Å². The average molecular weight is 192 g/mol. The molecule has 5 N–H and O–H groups in total. The molecule has 0 aliphatic heterocycles. The fourth-order valence-electron chi connectivity index (χ4n) is 0.417. The van der Waals surface area contributed by atoms with Crippen molar-refractivity contribution in [3.63, 3.8) is 0 Å². The fourth-order valence-corrected chi connectivity index (χ4v) is 0.754. The minimum Gasteiger partial charge on any atom is -0.375 e. The number of thiocarbonyl (C=S) groups is 2. The van der Waals surface area contributed by atoms with E-state index in [9.17, 15) is 0 Å². The largest absolute Gasteiger partial charge is 0.375 e. The van der Waals surface area contributed by atoms with Gasteiger partial charge in [0.25, 0.3) is 0 Å². The third kappa shape index (κ3) is 7.27. The van der Waals surface area contributed by atoms with Crippen molar-refractivity contribution in [2.24, 2.45) is 5.73 Å². The van der Waals surface area contributed by atoms with Crippen LogP contribution in [0.25, 0.3) is 0 Å². The number of nitrogens with two attached hydrogens (primary N) is 1. The van der Waals surface area contributed by atoms with Crippen molar-refractivity contribution in [1.29, 1.82) is 0 Å². The summed E-state index contributed by atoms with van der Waals surface area (Å²) in [6.07, 6.45) is 0. The molecule has 4 nitrogen and oxygen atoms in total. The molecular formula is C5H12N4S2. The van der Waals surface area contributed by atoms with Crippen LogP contribution >= 0.6 is 24.4 Å². The molecule has 0 spiro atoms. The minimum atomic E-state index is 0.165. The lowest BCUT2D eigenvalue weighted by atomic mass is 10.4. The number of nitrogens with one attached hydrogen (secondary N) is 3. The number of rotatable bonds is 1. The Morgan fingerprint density at radius 3 is 2.18 bits per heavy atom. The van der Waals surface area contributed by atoms with Gasteiger partial charge in [-0.2, -0.15) is 0 Å². The molecule has 0 fully saturated rings. The summed E-state index contributed by atoms with van der Waals surface area (Å²) < 4.78 is 0.